The van der Waals surface area contributed by atoms with E-state index in [1.165, 1.54) is 0 Å². The Bertz CT molecular complexity index is 2490. The first-order valence-corrected chi connectivity index (χ1v) is 17.2. The summed E-state index contributed by atoms with van der Waals surface area (Å²) in [6.07, 6.45) is 0. The molecule has 6 aromatic rings. The molecule has 0 N–H and O–H groups in total. The molecule has 0 saturated heterocycles. The predicted octanol–water partition coefficient (Wildman–Crippen LogP) is 12.1. The Morgan fingerprint density at radius 1 is 0.604 bits per heavy atom. The first-order valence-electron chi connectivity index (χ1n) is 19.3. The van der Waals surface area contributed by atoms with Gasteiger partial charge in [0.15, 0.2) is 0 Å². The third-order valence-corrected chi connectivity index (χ3v) is 11.2. The van der Waals surface area contributed by atoms with Gasteiger partial charge in [0.05, 0.1) is 0 Å². The Kier molecular flexibility index (Phi) is 5.86. The van der Waals surface area contributed by atoms with Gasteiger partial charge in [-0.15, -0.1) is 0 Å². The topological polar surface area (TPSA) is 18.5 Å². The highest BCUT2D eigenvalue weighted by atomic mass is 32.2. The Labute approximate surface area is 297 Å². The van der Waals surface area contributed by atoms with Crippen LogP contribution in [-0.4, -0.2) is 5.99 Å². The summed E-state index contributed by atoms with van der Waals surface area (Å²) in [6.45, 7) is 4.98. The minimum atomic E-state index is -2.54. The highest BCUT2D eigenvalue weighted by molar-refractivity contribution is 8.26. The molecule has 4 heteroatoms. The second-order valence-electron chi connectivity index (χ2n) is 13.0. The normalized spacial score (nSPS) is 18.5. The van der Waals surface area contributed by atoms with Gasteiger partial charge in [-0.2, -0.15) is 11.6 Å². The molecule has 2 heterocycles. The second kappa shape index (κ2) is 11.5. The van der Waals surface area contributed by atoms with Gasteiger partial charge in [-0.3, -0.25) is 0 Å². The fourth-order valence-electron chi connectivity index (χ4n) is 7.47. The quantitative estimate of drug-likeness (QED) is 0.178. The molecule has 0 spiro atoms. The van der Waals surface area contributed by atoms with E-state index in [2.05, 4.69) is 51.0 Å². The summed E-state index contributed by atoms with van der Waals surface area (Å²) >= 11 is 1.77. The van der Waals surface area contributed by atoms with Crippen molar-refractivity contribution in [1.29, 1.82) is 0 Å². The van der Waals surface area contributed by atoms with Gasteiger partial charge in [-0.1, -0.05) is 112 Å². The van der Waals surface area contributed by atoms with E-state index in [4.69, 9.17) is 17.7 Å². The monoisotopic (exact) mass is 648 g/mol. The van der Waals surface area contributed by atoms with Crippen LogP contribution in [0, 0.1) is 27.6 Å². The van der Waals surface area contributed by atoms with Crippen molar-refractivity contribution in [3.8, 4) is 56.4 Å². The first-order chi connectivity index (χ1) is 25.6. The Morgan fingerprint density at radius 3 is 1.96 bits per heavy atom. The summed E-state index contributed by atoms with van der Waals surface area (Å²) < 4.78 is 66.6. The first kappa shape index (κ1) is 24.5. The van der Waals surface area contributed by atoms with Crippen LogP contribution in [0.4, 0.5) is 0 Å². The molecule has 48 heavy (non-hydrogen) atoms. The molecule has 6 aromatic carbocycles. The van der Waals surface area contributed by atoms with E-state index in [0.29, 0.717) is 39.3 Å². The van der Waals surface area contributed by atoms with Crippen molar-refractivity contribution in [1.82, 2.24) is 0 Å². The lowest BCUT2D eigenvalue weighted by Crippen LogP contribution is -2.24. The molecule has 236 valence electrons. The molecule has 1 unspecified atom stereocenters. The van der Waals surface area contributed by atoms with E-state index in [9.17, 15) is 0 Å². The second-order valence-corrected chi connectivity index (χ2v) is 14.4. The highest BCUT2D eigenvalue weighted by Crippen LogP contribution is 2.53. The fraction of sp³-hybridized carbons (Fsp3) is 0.182. The molecular weight excluding hydrogens is 603 g/mol. The molecule has 2 aliphatic heterocycles. The van der Waals surface area contributed by atoms with Crippen LogP contribution < -0.4 is 14.9 Å². The Balaban J connectivity index is 1.36. The van der Waals surface area contributed by atoms with Gasteiger partial charge in [-0.25, -0.2) is 0 Å². The van der Waals surface area contributed by atoms with E-state index in [-0.39, 0.29) is 11.6 Å². The molecule has 0 saturated carbocycles. The molecule has 0 aliphatic carbocycles. The summed E-state index contributed by atoms with van der Waals surface area (Å²) in [5.41, 5.74) is 8.04. The zero-order valence-corrected chi connectivity index (χ0v) is 28.5. The maximum atomic E-state index is 9.04. The molecule has 0 fully saturated rings. The van der Waals surface area contributed by atoms with Gasteiger partial charge in [0.1, 0.15) is 23.0 Å². The van der Waals surface area contributed by atoms with Crippen LogP contribution in [0.2, 0.25) is 6.82 Å². The zero-order chi connectivity index (χ0) is 38.3. The van der Waals surface area contributed by atoms with E-state index in [1.54, 1.807) is 42.8 Å². The van der Waals surface area contributed by atoms with Crippen molar-refractivity contribution < 1.29 is 17.7 Å². The zero-order valence-electron chi connectivity index (χ0n) is 33.7. The minimum Gasteiger partial charge on any atom is -0.456 e. The van der Waals surface area contributed by atoms with Crippen LogP contribution in [0.3, 0.4) is 0 Å². The average molecular weight is 649 g/mol. The van der Waals surface area contributed by atoms with Gasteiger partial charge in [-0.05, 0) is 95.8 Å². The smallest absolute Gasteiger partial charge is 0.250 e. The fourth-order valence-corrected chi connectivity index (χ4v) is 8.55. The van der Waals surface area contributed by atoms with Gasteiger partial charge in [0.2, 0.25) is 5.99 Å². The molecule has 0 radical (unpaired) electrons. The Morgan fingerprint density at radius 2 is 1.21 bits per heavy atom. The number of hydrogen-bond acceptors (Lipinski definition) is 3. The summed E-state index contributed by atoms with van der Waals surface area (Å²) in [7, 11) is 0. The van der Waals surface area contributed by atoms with Crippen LogP contribution >= 0.6 is 11.6 Å². The van der Waals surface area contributed by atoms with Gasteiger partial charge >= 0.3 is 0 Å². The molecule has 8 rings (SSSR count). The van der Waals surface area contributed by atoms with Crippen molar-refractivity contribution in [3.05, 3.63) is 143 Å². The predicted molar refractivity (Wildman–Crippen MR) is 204 cm³/mol. The SMILES string of the molecule is [2H]C([2H])([2H])c1c(-c2ccc(C)c(-c3cccc4c3Oc3ccccc3SB4C)c2C)ccc(C)c1-c1cccc2c1Oc1ccccc1C2(C)C([2H])([2H])[2H]. The minimum absolute atomic E-state index is 0.146. The van der Waals surface area contributed by atoms with Gasteiger partial charge in [0.25, 0.3) is 0 Å². The maximum Gasteiger partial charge on any atom is 0.250 e. The number of ether oxygens (including phenoxy) is 2. The van der Waals surface area contributed by atoms with Crippen LogP contribution in [0.1, 0.15) is 55.4 Å². The van der Waals surface area contributed by atoms with E-state index < -0.39 is 19.1 Å². The molecule has 0 amide bonds. The van der Waals surface area contributed by atoms with Gasteiger partial charge in [0, 0.05) is 40.8 Å². The molecule has 1 atom stereocenters. The molecular formula is C44H39BO2S. The summed E-state index contributed by atoms with van der Waals surface area (Å²) in [5, 5.41) is 0. The summed E-state index contributed by atoms with van der Waals surface area (Å²) in [5.74, 6) is 2.56. The van der Waals surface area contributed by atoms with Crippen molar-refractivity contribution >= 4 is 23.1 Å². The van der Waals surface area contributed by atoms with Crippen LogP contribution in [-0.2, 0) is 5.41 Å². The van der Waals surface area contributed by atoms with Crippen LogP contribution in [0.15, 0.2) is 114 Å². The van der Waals surface area contributed by atoms with Gasteiger partial charge < -0.3 is 9.47 Å². The number of benzene rings is 6. The number of para-hydroxylation sites is 4. The molecule has 0 aromatic heterocycles. The van der Waals surface area contributed by atoms with Crippen molar-refractivity contribution in [2.45, 2.75) is 58.5 Å². The summed E-state index contributed by atoms with van der Waals surface area (Å²) in [4.78, 5) is 1.08. The van der Waals surface area contributed by atoms with Crippen LogP contribution in [0.5, 0.6) is 23.0 Å². The van der Waals surface area contributed by atoms with E-state index >= 15 is 0 Å². The van der Waals surface area contributed by atoms with Crippen molar-refractivity contribution in [3.63, 3.8) is 0 Å². The highest BCUT2D eigenvalue weighted by Gasteiger charge is 2.36. The number of fused-ring (bicyclic) bond motifs is 4. The number of aryl methyl sites for hydroxylation is 2. The van der Waals surface area contributed by atoms with E-state index in [0.717, 1.165) is 55.2 Å². The van der Waals surface area contributed by atoms with Crippen molar-refractivity contribution in [2.75, 3.05) is 0 Å². The Hall–Kier alpha value is -4.67. The standard InChI is InChI=1S/C44H39BO2S/c1-26-22-24-30(28(3)40(26)32-14-12-17-35-42(32)46-37-19-9-8-16-34(37)44(35,5)6)31-25-23-27(2)41(29(31)4)33-15-13-18-36-43(33)47-38-20-10-11-21-39(38)48-45(36)7/h8-25H,1-7H3/i3D3,5D3. The molecule has 2 aliphatic rings. The third-order valence-electron chi connectivity index (χ3n) is 9.96. The maximum absolute atomic E-state index is 9.04. The molecule has 0 bridgehead atoms. The third kappa shape index (κ3) is 4.72. The lowest BCUT2D eigenvalue weighted by atomic mass is 9.69. The van der Waals surface area contributed by atoms with E-state index in [1.807, 2.05) is 61.5 Å². The average Bonchev–Trinajstić information content (AvgIpc) is 3.27. The number of rotatable bonds is 3. The summed E-state index contributed by atoms with van der Waals surface area (Å²) in [6, 6.07) is 34.9. The van der Waals surface area contributed by atoms with Crippen molar-refractivity contribution in [2.24, 2.45) is 0 Å². The lowest BCUT2D eigenvalue weighted by Gasteiger charge is -2.35. The lowest BCUT2D eigenvalue weighted by molar-refractivity contribution is 0.419. The largest absolute Gasteiger partial charge is 0.456 e. The number of hydrogen-bond donors (Lipinski definition) is 0. The van der Waals surface area contributed by atoms with Crippen LogP contribution in [0.25, 0.3) is 33.4 Å². The molecule has 2 nitrogen and oxygen atoms in total.